The maximum absolute atomic E-state index is 14.3. The molecule has 2 saturated heterocycles. The Balaban J connectivity index is 1.46. The normalized spacial score (nSPS) is 23.1. The SMILES string of the molecule is CC[C@H](C)[C@@H]([C@@H](CC(=O)N1CCC[C@H]1[C@H](OC)[C@@H](C)C(=O)N[C@@H](Cc1ccccc1)C(=O)OC)OC)N(C)C(=O)[C@@H](NC(=O)[C@]12C=[N+]1CCCC2)C(C)C. The molecule has 0 unspecified atom stereocenters. The molecule has 13 heteroatoms. The van der Waals surface area contributed by atoms with Crippen molar-refractivity contribution in [3.05, 3.63) is 35.9 Å². The lowest BCUT2D eigenvalue weighted by atomic mass is 9.89. The summed E-state index contributed by atoms with van der Waals surface area (Å²) in [6.07, 6.45) is 5.90. The van der Waals surface area contributed by atoms with E-state index in [0.29, 0.717) is 13.0 Å². The quantitative estimate of drug-likeness (QED) is 0.162. The summed E-state index contributed by atoms with van der Waals surface area (Å²) < 4.78 is 19.0. The number of amides is 4. The average Bonchev–Trinajstić information content (AvgIpc) is 3.75. The van der Waals surface area contributed by atoms with Gasteiger partial charge in [-0.1, -0.05) is 71.4 Å². The van der Waals surface area contributed by atoms with E-state index in [4.69, 9.17) is 14.2 Å². The Morgan fingerprint density at radius 1 is 0.981 bits per heavy atom. The first-order valence-corrected chi connectivity index (χ1v) is 19.7. The second-order valence-electron chi connectivity index (χ2n) is 15.8. The molecule has 0 aliphatic carbocycles. The molecule has 2 N–H and O–H groups in total. The lowest BCUT2D eigenvalue weighted by molar-refractivity contribution is -0.503. The molecule has 0 spiro atoms. The summed E-state index contributed by atoms with van der Waals surface area (Å²) in [7, 11) is 6.13. The maximum atomic E-state index is 14.3. The van der Waals surface area contributed by atoms with Gasteiger partial charge in [0.2, 0.25) is 23.9 Å². The summed E-state index contributed by atoms with van der Waals surface area (Å²) in [5.74, 6) is -2.29. The number of carbonyl (C=O) groups is 5. The number of ether oxygens (including phenoxy) is 3. The number of rotatable bonds is 19. The number of likely N-dealkylation sites (N-methyl/N-ethyl adjacent to an activating group) is 1. The Morgan fingerprint density at radius 2 is 1.69 bits per heavy atom. The van der Waals surface area contributed by atoms with Crippen molar-refractivity contribution in [3.63, 3.8) is 0 Å². The molecular weight excluding hydrogens is 690 g/mol. The Hall–Kier alpha value is -3.84. The van der Waals surface area contributed by atoms with E-state index in [1.165, 1.54) is 14.2 Å². The van der Waals surface area contributed by atoms with E-state index in [2.05, 4.69) is 15.2 Å². The first-order chi connectivity index (χ1) is 25.7. The second kappa shape index (κ2) is 19.2. The summed E-state index contributed by atoms with van der Waals surface area (Å²) in [4.78, 5) is 71.8. The highest BCUT2D eigenvalue weighted by Gasteiger charge is 2.63. The van der Waals surface area contributed by atoms with Crippen LogP contribution in [-0.4, -0.2) is 134 Å². The number of esters is 1. The number of piperidine rings is 1. The predicted molar refractivity (Wildman–Crippen MR) is 205 cm³/mol. The van der Waals surface area contributed by atoms with Crippen LogP contribution in [0.5, 0.6) is 0 Å². The molecule has 4 rings (SSSR count). The Kier molecular flexibility index (Phi) is 15.2. The van der Waals surface area contributed by atoms with Crippen LogP contribution in [0.1, 0.15) is 85.1 Å². The van der Waals surface area contributed by atoms with E-state index < -0.39 is 47.8 Å². The molecule has 13 nitrogen and oxygen atoms in total. The molecular formula is C41H64N5O8+. The van der Waals surface area contributed by atoms with Crippen molar-refractivity contribution in [2.45, 2.75) is 128 Å². The minimum atomic E-state index is -0.886. The van der Waals surface area contributed by atoms with Crippen LogP contribution in [0.15, 0.2) is 30.3 Å². The Labute approximate surface area is 321 Å². The number of nitrogens with zero attached hydrogens (tertiary/aromatic N) is 3. The Bertz CT molecular complexity index is 1500. The van der Waals surface area contributed by atoms with Crippen molar-refractivity contribution >= 4 is 35.8 Å². The van der Waals surface area contributed by atoms with E-state index in [0.717, 1.165) is 44.2 Å². The summed E-state index contributed by atoms with van der Waals surface area (Å²) in [6, 6.07) is 6.94. The third-order valence-corrected chi connectivity index (χ3v) is 12.0. The number of hydrogen-bond acceptors (Lipinski definition) is 8. The molecule has 2 fully saturated rings. The number of carbonyl (C=O) groups excluding carboxylic acids is 5. The highest BCUT2D eigenvalue weighted by Crippen LogP contribution is 2.33. The zero-order valence-electron chi connectivity index (χ0n) is 33.8. The van der Waals surface area contributed by atoms with Gasteiger partial charge in [0.25, 0.3) is 0 Å². The molecule has 0 saturated carbocycles. The topological polar surface area (TPSA) is 147 Å². The first-order valence-electron chi connectivity index (χ1n) is 19.7. The minimum Gasteiger partial charge on any atom is -0.467 e. The van der Waals surface area contributed by atoms with Crippen LogP contribution in [0.3, 0.4) is 0 Å². The van der Waals surface area contributed by atoms with Crippen molar-refractivity contribution < 1.29 is 42.8 Å². The van der Waals surface area contributed by atoms with Crippen LogP contribution in [0.2, 0.25) is 0 Å². The molecule has 3 aliphatic heterocycles. The van der Waals surface area contributed by atoms with E-state index in [1.54, 1.807) is 30.9 Å². The van der Waals surface area contributed by atoms with Crippen LogP contribution in [0.25, 0.3) is 0 Å². The van der Waals surface area contributed by atoms with Crippen molar-refractivity contribution in [3.8, 4) is 0 Å². The van der Waals surface area contributed by atoms with Crippen molar-refractivity contribution in [1.82, 2.24) is 20.4 Å². The number of methoxy groups -OCH3 is 3. The minimum absolute atomic E-state index is 0.0177. The molecule has 300 valence electrons. The van der Waals surface area contributed by atoms with Gasteiger partial charge >= 0.3 is 17.4 Å². The zero-order chi connectivity index (χ0) is 39.7. The van der Waals surface area contributed by atoms with Crippen LogP contribution >= 0.6 is 0 Å². The van der Waals surface area contributed by atoms with Gasteiger partial charge in [0.05, 0.1) is 43.7 Å². The monoisotopic (exact) mass is 754 g/mol. The summed E-state index contributed by atoms with van der Waals surface area (Å²) in [6.45, 7) is 11.0. The lowest BCUT2D eigenvalue weighted by Crippen LogP contribution is -2.59. The number of fused-ring (bicyclic) bond motifs is 1. The molecule has 0 aromatic heterocycles. The molecule has 9 atom stereocenters. The molecule has 1 aromatic carbocycles. The molecule has 0 radical (unpaired) electrons. The van der Waals surface area contributed by atoms with E-state index >= 15 is 0 Å². The predicted octanol–water partition coefficient (Wildman–Crippen LogP) is 2.97. The van der Waals surface area contributed by atoms with Gasteiger partial charge in [-0.15, -0.1) is 0 Å². The van der Waals surface area contributed by atoms with Crippen LogP contribution in [-0.2, 0) is 44.6 Å². The number of nitrogens with one attached hydrogen (secondary N) is 2. The fourth-order valence-corrected chi connectivity index (χ4v) is 8.47. The third-order valence-electron chi connectivity index (χ3n) is 12.0. The summed E-state index contributed by atoms with van der Waals surface area (Å²) in [5.41, 5.74) is 0.266. The van der Waals surface area contributed by atoms with Crippen molar-refractivity contribution in [2.75, 3.05) is 41.5 Å². The highest BCUT2D eigenvalue weighted by molar-refractivity contribution is 6.07. The highest BCUT2D eigenvalue weighted by atomic mass is 16.5. The molecule has 1 aromatic rings. The fraction of sp³-hybridized carbons (Fsp3) is 0.707. The fourth-order valence-electron chi connectivity index (χ4n) is 8.47. The van der Waals surface area contributed by atoms with Gasteiger partial charge in [0, 0.05) is 47.1 Å². The summed E-state index contributed by atoms with van der Waals surface area (Å²) >= 11 is 0. The smallest absolute Gasteiger partial charge is 0.328 e. The van der Waals surface area contributed by atoms with Crippen molar-refractivity contribution in [2.24, 2.45) is 17.8 Å². The van der Waals surface area contributed by atoms with E-state index in [-0.39, 0.29) is 54.3 Å². The van der Waals surface area contributed by atoms with E-state index in [1.807, 2.05) is 64.2 Å². The van der Waals surface area contributed by atoms with Crippen molar-refractivity contribution in [1.29, 1.82) is 0 Å². The van der Waals surface area contributed by atoms with Gasteiger partial charge in [0.1, 0.15) is 18.6 Å². The van der Waals surface area contributed by atoms with Gasteiger partial charge in [-0.25, -0.2) is 9.37 Å². The maximum Gasteiger partial charge on any atom is 0.328 e. The largest absolute Gasteiger partial charge is 0.467 e. The molecule has 3 heterocycles. The zero-order valence-corrected chi connectivity index (χ0v) is 33.8. The van der Waals surface area contributed by atoms with E-state index in [9.17, 15) is 24.0 Å². The van der Waals surface area contributed by atoms with Gasteiger partial charge in [-0.05, 0) is 36.7 Å². The molecule has 54 heavy (non-hydrogen) atoms. The molecule has 4 amide bonds. The van der Waals surface area contributed by atoms with Gasteiger partial charge in [-0.2, -0.15) is 0 Å². The van der Waals surface area contributed by atoms with Gasteiger partial charge < -0.3 is 34.6 Å². The number of hydrogen-bond donors (Lipinski definition) is 2. The average molecular weight is 755 g/mol. The van der Waals surface area contributed by atoms with Crippen LogP contribution in [0.4, 0.5) is 0 Å². The Morgan fingerprint density at radius 3 is 2.28 bits per heavy atom. The standard InChI is InChI=1S/C41H63N5O8/c1-10-27(4)35(44(6)38(49)34(26(2)3)43-40(51)41-20-14-15-21-45(41)25-41)32(52-7)24-33(47)46-22-16-19-31(46)36(53-8)28(5)37(48)42-30(39(50)54-9)23-29-17-12-11-13-18-29/h11-13,17-18,25-28,30-32,34-36H,10,14-16,19-24H2,1-9H3,(H-,42,43,48,51)/p+1/t27-,28+,30-,31-,32+,34-,35-,36+,41-/m0/s1. The second-order valence-corrected chi connectivity index (χ2v) is 15.8. The van der Waals surface area contributed by atoms with Gasteiger partial charge in [0.15, 0.2) is 0 Å². The molecule has 3 aliphatic rings. The summed E-state index contributed by atoms with van der Waals surface area (Å²) in [5, 5.41) is 5.95. The molecule has 0 bridgehead atoms. The van der Waals surface area contributed by atoms with Crippen LogP contribution < -0.4 is 10.6 Å². The number of benzene rings is 1. The third kappa shape index (κ3) is 9.69. The van der Waals surface area contributed by atoms with Gasteiger partial charge in [-0.3, -0.25) is 19.2 Å². The number of likely N-dealkylation sites (tertiary alicyclic amines) is 1. The van der Waals surface area contributed by atoms with Crippen LogP contribution in [0, 0.1) is 17.8 Å². The lowest BCUT2D eigenvalue weighted by Gasteiger charge is -2.41. The first kappa shape index (κ1) is 42.9.